The normalized spacial score (nSPS) is 28.1. The van der Waals surface area contributed by atoms with E-state index in [9.17, 15) is 9.18 Å². The van der Waals surface area contributed by atoms with Crippen LogP contribution >= 0.6 is 0 Å². The second kappa shape index (κ2) is 4.79. The number of hydrogen-bond acceptors (Lipinski definition) is 5. The Morgan fingerprint density at radius 3 is 2.59 bits per heavy atom. The van der Waals surface area contributed by atoms with Crippen LogP contribution in [-0.4, -0.2) is 25.3 Å². The van der Waals surface area contributed by atoms with E-state index in [0.717, 1.165) is 5.56 Å². The Balaban J connectivity index is 2.27. The first-order valence-corrected chi connectivity index (χ1v) is 5.23. The fourth-order valence-electron chi connectivity index (χ4n) is 1.99. The van der Waals surface area contributed by atoms with Crippen LogP contribution in [0.3, 0.4) is 0 Å². The third-order valence-electron chi connectivity index (χ3n) is 2.86. The van der Waals surface area contributed by atoms with Crippen molar-refractivity contribution in [2.75, 3.05) is 7.11 Å². The number of nitrogens with one attached hydrogen (secondary N) is 2. The second-order valence-electron chi connectivity index (χ2n) is 3.89. The molecule has 6 heteroatoms. The van der Waals surface area contributed by atoms with Gasteiger partial charge >= 0.3 is 5.97 Å². The number of benzene rings is 1. The summed E-state index contributed by atoms with van der Waals surface area (Å²) < 4.78 is 17.5. The summed E-state index contributed by atoms with van der Waals surface area (Å²) in [6.45, 7) is 0. The Morgan fingerprint density at radius 2 is 2.00 bits per heavy atom. The maximum Gasteiger partial charge on any atom is 0.324 e. The third-order valence-corrected chi connectivity index (χ3v) is 2.86. The number of halogens is 1. The van der Waals surface area contributed by atoms with Crippen molar-refractivity contribution < 1.29 is 13.9 Å². The number of nitrogens with two attached hydrogens (primary N) is 1. The maximum atomic E-state index is 12.8. The van der Waals surface area contributed by atoms with Crippen LogP contribution in [0.15, 0.2) is 24.3 Å². The van der Waals surface area contributed by atoms with E-state index in [0.29, 0.717) is 0 Å². The number of hydrogen-bond donors (Lipinski definition) is 3. The Labute approximate surface area is 98.1 Å². The molecule has 17 heavy (non-hydrogen) atoms. The van der Waals surface area contributed by atoms with Gasteiger partial charge < -0.3 is 10.5 Å². The van der Waals surface area contributed by atoms with Crippen molar-refractivity contribution in [3.8, 4) is 0 Å². The van der Waals surface area contributed by atoms with Gasteiger partial charge in [-0.3, -0.25) is 4.79 Å². The average Bonchev–Trinajstić information content (AvgIpc) is 2.71. The second-order valence-corrected chi connectivity index (χ2v) is 3.89. The minimum Gasteiger partial charge on any atom is -0.468 e. The highest BCUT2D eigenvalue weighted by molar-refractivity contribution is 5.77. The van der Waals surface area contributed by atoms with Crippen molar-refractivity contribution in [2.45, 2.75) is 18.1 Å². The molecule has 3 atom stereocenters. The Hall–Kier alpha value is -1.50. The molecule has 0 spiro atoms. The van der Waals surface area contributed by atoms with Gasteiger partial charge in [-0.05, 0) is 17.7 Å². The van der Waals surface area contributed by atoms with Crippen LogP contribution in [0, 0.1) is 5.82 Å². The lowest BCUT2D eigenvalue weighted by molar-refractivity contribution is -0.143. The quantitative estimate of drug-likeness (QED) is 0.625. The van der Waals surface area contributed by atoms with Crippen LogP contribution in [0.4, 0.5) is 4.39 Å². The first-order valence-electron chi connectivity index (χ1n) is 5.23. The topological polar surface area (TPSA) is 76.4 Å². The Morgan fingerprint density at radius 1 is 1.35 bits per heavy atom. The molecular weight excluding hydrogens is 225 g/mol. The number of rotatable bonds is 2. The van der Waals surface area contributed by atoms with Gasteiger partial charge in [-0.25, -0.2) is 15.2 Å². The van der Waals surface area contributed by atoms with Gasteiger partial charge in [0.05, 0.1) is 13.3 Å². The first kappa shape index (κ1) is 12.0. The predicted octanol–water partition coefficient (Wildman–Crippen LogP) is -0.156. The van der Waals surface area contributed by atoms with Gasteiger partial charge in [-0.15, -0.1) is 0 Å². The van der Waals surface area contributed by atoms with E-state index in [2.05, 4.69) is 15.6 Å². The first-order chi connectivity index (χ1) is 8.13. The zero-order chi connectivity index (χ0) is 12.4. The molecule has 1 saturated heterocycles. The van der Waals surface area contributed by atoms with Crippen molar-refractivity contribution in [3.63, 3.8) is 0 Å². The number of methoxy groups -OCH3 is 1. The molecule has 92 valence electrons. The third kappa shape index (κ3) is 2.28. The SMILES string of the molecule is COC(=O)C1NNC(N)C1c1ccc(F)cc1. The van der Waals surface area contributed by atoms with Gasteiger partial charge in [-0.2, -0.15) is 0 Å². The van der Waals surface area contributed by atoms with E-state index in [1.165, 1.54) is 19.2 Å². The molecule has 0 saturated carbocycles. The summed E-state index contributed by atoms with van der Waals surface area (Å²) in [4.78, 5) is 11.6. The molecule has 1 aromatic carbocycles. The van der Waals surface area contributed by atoms with E-state index in [-0.39, 0.29) is 11.7 Å². The number of carbonyl (C=O) groups is 1. The molecule has 3 unspecified atom stereocenters. The molecule has 0 bridgehead atoms. The van der Waals surface area contributed by atoms with Crippen LogP contribution in [0.1, 0.15) is 11.5 Å². The molecule has 1 fully saturated rings. The highest BCUT2D eigenvalue weighted by atomic mass is 19.1. The van der Waals surface area contributed by atoms with E-state index in [4.69, 9.17) is 5.73 Å². The van der Waals surface area contributed by atoms with E-state index < -0.39 is 18.2 Å². The maximum absolute atomic E-state index is 12.8. The van der Waals surface area contributed by atoms with Crippen molar-refractivity contribution in [1.82, 2.24) is 10.9 Å². The fourth-order valence-corrected chi connectivity index (χ4v) is 1.99. The van der Waals surface area contributed by atoms with Gasteiger partial charge in [0.2, 0.25) is 0 Å². The van der Waals surface area contributed by atoms with E-state index in [1.54, 1.807) is 12.1 Å². The van der Waals surface area contributed by atoms with Gasteiger partial charge in [-0.1, -0.05) is 12.1 Å². The molecule has 1 aliphatic rings. The molecule has 0 amide bonds. The standard InChI is InChI=1S/C11H14FN3O2/c1-17-11(16)9-8(10(13)15-14-9)6-2-4-7(12)5-3-6/h2-5,8-10,14-15H,13H2,1H3. The molecule has 1 heterocycles. The van der Waals surface area contributed by atoms with Crippen LogP contribution < -0.4 is 16.6 Å². The molecule has 1 aliphatic heterocycles. The number of hydrazine groups is 1. The summed E-state index contributed by atoms with van der Waals surface area (Å²) in [5.41, 5.74) is 12.2. The number of carbonyl (C=O) groups excluding carboxylic acids is 1. The lowest BCUT2D eigenvalue weighted by atomic mass is 9.91. The fraction of sp³-hybridized carbons (Fsp3) is 0.364. The van der Waals surface area contributed by atoms with Crippen LogP contribution in [-0.2, 0) is 9.53 Å². The molecule has 2 rings (SSSR count). The van der Waals surface area contributed by atoms with Gasteiger partial charge in [0.15, 0.2) is 0 Å². The molecule has 0 aliphatic carbocycles. The minimum absolute atomic E-state index is 0.289. The summed E-state index contributed by atoms with van der Waals surface area (Å²) in [5, 5.41) is 0. The largest absolute Gasteiger partial charge is 0.468 e. The summed E-state index contributed by atoms with van der Waals surface area (Å²) in [7, 11) is 1.32. The Kier molecular flexibility index (Phi) is 3.37. The highest BCUT2D eigenvalue weighted by Gasteiger charge is 2.40. The molecule has 0 radical (unpaired) electrons. The van der Waals surface area contributed by atoms with Crippen molar-refractivity contribution in [2.24, 2.45) is 5.73 Å². The van der Waals surface area contributed by atoms with Gasteiger partial charge in [0.25, 0.3) is 0 Å². The monoisotopic (exact) mass is 239 g/mol. The van der Waals surface area contributed by atoms with Gasteiger partial charge in [0, 0.05) is 5.92 Å². The van der Waals surface area contributed by atoms with Crippen LogP contribution in [0.25, 0.3) is 0 Å². The summed E-state index contributed by atoms with van der Waals surface area (Å²) in [6, 6.07) is 5.35. The molecule has 4 N–H and O–H groups in total. The van der Waals surface area contributed by atoms with Crippen molar-refractivity contribution >= 4 is 5.97 Å². The smallest absolute Gasteiger partial charge is 0.324 e. The lowest BCUT2D eigenvalue weighted by Crippen LogP contribution is -2.39. The summed E-state index contributed by atoms with van der Waals surface area (Å²) in [5.74, 6) is -1.02. The lowest BCUT2D eigenvalue weighted by Gasteiger charge is -2.19. The highest BCUT2D eigenvalue weighted by Crippen LogP contribution is 2.25. The zero-order valence-corrected chi connectivity index (χ0v) is 9.31. The van der Waals surface area contributed by atoms with Crippen molar-refractivity contribution in [1.29, 1.82) is 0 Å². The molecule has 1 aromatic rings. The molecule has 5 nitrogen and oxygen atoms in total. The van der Waals surface area contributed by atoms with Gasteiger partial charge in [0.1, 0.15) is 11.9 Å². The average molecular weight is 239 g/mol. The number of ether oxygens (including phenoxy) is 1. The minimum atomic E-state index is -0.569. The van der Waals surface area contributed by atoms with Crippen molar-refractivity contribution in [3.05, 3.63) is 35.6 Å². The van der Waals surface area contributed by atoms with E-state index >= 15 is 0 Å². The zero-order valence-electron chi connectivity index (χ0n) is 9.31. The van der Waals surface area contributed by atoms with E-state index in [1.807, 2.05) is 0 Å². The molecular formula is C11H14FN3O2. The Bertz CT molecular complexity index is 410. The summed E-state index contributed by atoms with van der Waals surface area (Å²) in [6.07, 6.45) is -0.426. The predicted molar refractivity (Wildman–Crippen MR) is 59.2 cm³/mol. The summed E-state index contributed by atoms with van der Waals surface area (Å²) >= 11 is 0. The molecule has 0 aromatic heterocycles. The number of esters is 1. The van der Waals surface area contributed by atoms with Crippen LogP contribution in [0.5, 0.6) is 0 Å². The van der Waals surface area contributed by atoms with Crippen LogP contribution in [0.2, 0.25) is 0 Å².